The summed E-state index contributed by atoms with van der Waals surface area (Å²) in [6.45, 7) is 8.23. The first-order chi connectivity index (χ1) is 9.73. The Morgan fingerprint density at radius 2 is 1.67 bits per heavy atom. The molecule has 0 aliphatic heterocycles. The highest BCUT2D eigenvalue weighted by atomic mass is 32.2. The lowest BCUT2D eigenvalue weighted by Gasteiger charge is -2.24. The largest absolute Gasteiger partial charge is 0.325 e. The van der Waals surface area contributed by atoms with Crippen molar-refractivity contribution in [1.29, 1.82) is 0 Å². The van der Waals surface area contributed by atoms with Gasteiger partial charge in [-0.2, -0.15) is 0 Å². The molecule has 1 aromatic carbocycles. The van der Waals surface area contributed by atoms with E-state index < -0.39 is 15.6 Å². The zero-order chi connectivity index (χ0) is 16.1. The van der Waals surface area contributed by atoms with Crippen LogP contribution < -0.4 is 15.4 Å². The molecule has 0 heterocycles. The molecule has 0 radical (unpaired) electrons. The first-order valence-corrected chi connectivity index (χ1v) is 8.37. The summed E-state index contributed by atoms with van der Waals surface area (Å²) in [4.78, 5) is 12.3. The maximum atomic E-state index is 12.1. The van der Waals surface area contributed by atoms with Gasteiger partial charge in [0, 0.05) is 12.2 Å². The number of likely N-dealkylation sites (N-methyl/N-ethyl adjacent to an activating group) is 1. The minimum atomic E-state index is -3.47. The van der Waals surface area contributed by atoms with E-state index in [0.29, 0.717) is 18.8 Å². The van der Waals surface area contributed by atoms with Crippen LogP contribution in [0, 0.1) is 0 Å². The summed E-state index contributed by atoms with van der Waals surface area (Å²) in [6, 6.07) is 6.08. The molecule has 1 aromatic rings. The van der Waals surface area contributed by atoms with Crippen LogP contribution in [-0.2, 0) is 14.8 Å². The second-order valence-corrected chi connectivity index (χ2v) is 6.90. The number of sulfonamides is 1. The van der Waals surface area contributed by atoms with Crippen molar-refractivity contribution in [2.24, 2.45) is 0 Å². The molecule has 118 valence electrons. The smallest absolute Gasteiger partial charge is 0.244 e. The predicted molar refractivity (Wildman–Crippen MR) is 83.7 cm³/mol. The number of hydrogen-bond acceptors (Lipinski definition) is 4. The quantitative estimate of drug-likeness (QED) is 0.708. The number of carbonyl (C=O) groups excluding carboxylic acids is 1. The molecule has 0 unspecified atom stereocenters. The SMILES string of the molecule is CCNC(C)(C)C(=O)Nc1ccc(S(=O)(=O)NCC)cc1. The maximum absolute atomic E-state index is 12.1. The first kappa shape index (κ1) is 17.6. The van der Waals surface area contributed by atoms with Crippen molar-refractivity contribution in [3.8, 4) is 0 Å². The normalized spacial score (nSPS) is 12.2. The lowest BCUT2D eigenvalue weighted by atomic mass is 10.0. The van der Waals surface area contributed by atoms with Gasteiger partial charge in [0.05, 0.1) is 10.4 Å². The van der Waals surface area contributed by atoms with Crippen molar-refractivity contribution in [1.82, 2.24) is 10.0 Å². The number of hydrogen-bond donors (Lipinski definition) is 3. The molecule has 3 N–H and O–H groups in total. The summed E-state index contributed by atoms with van der Waals surface area (Å²) in [5.74, 6) is -0.174. The molecule has 1 rings (SSSR count). The Kier molecular flexibility index (Phi) is 5.88. The number of anilines is 1. The lowest BCUT2D eigenvalue weighted by molar-refractivity contribution is -0.121. The van der Waals surface area contributed by atoms with Crippen molar-refractivity contribution in [3.63, 3.8) is 0 Å². The van der Waals surface area contributed by atoms with Crippen molar-refractivity contribution in [2.45, 2.75) is 38.1 Å². The van der Waals surface area contributed by atoms with E-state index in [0.717, 1.165) is 0 Å². The molecule has 7 heteroatoms. The molecule has 0 aliphatic rings. The molecule has 0 aromatic heterocycles. The third-order valence-electron chi connectivity index (χ3n) is 2.94. The molecule has 6 nitrogen and oxygen atoms in total. The first-order valence-electron chi connectivity index (χ1n) is 6.89. The number of rotatable bonds is 7. The molecule has 1 amide bonds. The second kappa shape index (κ2) is 7.02. The highest BCUT2D eigenvalue weighted by Gasteiger charge is 2.26. The third-order valence-corrected chi connectivity index (χ3v) is 4.50. The fraction of sp³-hybridized carbons (Fsp3) is 0.500. The lowest BCUT2D eigenvalue weighted by Crippen LogP contribution is -2.49. The number of carbonyl (C=O) groups is 1. The van der Waals surface area contributed by atoms with E-state index in [4.69, 9.17) is 0 Å². The van der Waals surface area contributed by atoms with Crippen LogP contribution in [0.2, 0.25) is 0 Å². The van der Waals surface area contributed by atoms with Gasteiger partial charge in [-0.1, -0.05) is 13.8 Å². The fourth-order valence-electron chi connectivity index (χ4n) is 1.80. The Hall–Kier alpha value is -1.44. The molecule has 0 fully saturated rings. The monoisotopic (exact) mass is 313 g/mol. The van der Waals surface area contributed by atoms with Crippen LogP contribution in [0.3, 0.4) is 0 Å². The van der Waals surface area contributed by atoms with E-state index in [2.05, 4.69) is 15.4 Å². The van der Waals surface area contributed by atoms with Gasteiger partial charge in [0.15, 0.2) is 0 Å². The Balaban J connectivity index is 2.83. The maximum Gasteiger partial charge on any atom is 0.244 e. The summed E-state index contributed by atoms with van der Waals surface area (Å²) < 4.78 is 26.0. The van der Waals surface area contributed by atoms with Gasteiger partial charge in [-0.15, -0.1) is 0 Å². The third kappa shape index (κ3) is 4.80. The van der Waals surface area contributed by atoms with Crippen molar-refractivity contribution in [3.05, 3.63) is 24.3 Å². The van der Waals surface area contributed by atoms with Crippen LogP contribution in [0.4, 0.5) is 5.69 Å². The topological polar surface area (TPSA) is 87.3 Å². The zero-order valence-electron chi connectivity index (χ0n) is 12.9. The molecule has 0 atom stereocenters. The van der Waals surface area contributed by atoms with Crippen LogP contribution in [0.1, 0.15) is 27.7 Å². The van der Waals surface area contributed by atoms with Gasteiger partial charge in [-0.25, -0.2) is 13.1 Å². The molecule has 0 bridgehead atoms. The number of benzene rings is 1. The zero-order valence-corrected chi connectivity index (χ0v) is 13.7. The number of amides is 1. The minimum absolute atomic E-state index is 0.174. The van der Waals surface area contributed by atoms with Crippen LogP contribution in [0.15, 0.2) is 29.2 Å². The molecule has 21 heavy (non-hydrogen) atoms. The van der Waals surface area contributed by atoms with Crippen LogP contribution >= 0.6 is 0 Å². The standard InChI is InChI=1S/C14H23N3O3S/c1-5-15-14(3,4)13(18)17-11-7-9-12(10-8-11)21(19,20)16-6-2/h7-10,15-16H,5-6H2,1-4H3,(H,17,18). The van der Waals surface area contributed by atoms with Gasteiger partial charge in [-0.3, -0.25) is 4.79 Å². The molecule has 0 spiro atoms. The van der Waals surface area contributed by atoms with Gasteiger partial charge in [0.1, 0.15) is 0 Å². The van der Waals surface area contributed by atoms with Crippen molar-refractivity contribution in [2.75, 3.05) is 18.4 Å². The summed E-state index contributed by atoms with van der Waals surface area (Å²) in [5, 5.41) is 5.84. The Morgan fingerprint density at radius 1 is 1.10 bits per heavy atom. The minimum Gasteiger partial charge on any atom is -0.325 e. The van der Waals surface area contributed by atoms with E-state index >= 15 is 0 Å². The van der Waals surface area contributed by atoms with E-state index in [-0.39, 0.29) is 10.8 Å². The molecule has 0 saturated carbocycles. The van der Waals surface area contributed by atoms with Gasteiger partial charge < -0.3 is 10.6 Å². The van der Waals surface area contributed by atoms with Crippen LogP contribution in [0.5, 0.6) is 0 Å². The molecular weight excluding hydrogens is 290 g/mol. The summed E-state index contributed by atoms with van der Waals surface area (Å²) in [6.07, 6.45) is 0. The average Bonchev–Trinajstić information content (AvgIpc) is 2.39. The molecule has 0 saturated heterocycles. The Labute approximate surface area is 126 Å². The van der Waals surface area contributed by atoms with Crippen LogP contribution in [-0.4, -0.2) is 33.0 Å². The van der Waals surface area contributed by atoms with E-state index in [1.54, 1.807) is 32.9 Å². The Morgan fingerprint density at radius 3 is 2.14 bits per heavy atom. The molecule has 0 aliphatic carbocycles. The van der Waals surface area contributed by atoms with Crippen molar-refractivity contribution >= 4 is 21.6 Å². The average molecular weight is 313 g/mol. The molecular formula is C14H23N3O3S. The Bertz CT molecular complexity index is 580. The highest BCUT2D eigenvalue weighted by molar-refractivity contribution is 7.89. The number of nitrogens with one attached hydrogen (secondary N) is 3. The summed E-state index contributed by atoms with van der Waals surface area (Å²) in [5.41, 5.74) is -0.134. The van der Waals surface area contributed by atoms with Gasteiger partial charge >= 0.3 is 0 Å². The van der Waals surface area contributed by atoms with Gasteiger partial charge in [0.25, 0.3) is 0 Å². The van der Waals surface area contributed by atoms with Crippen LogP contribution in [0.25, 0.3) is 0 Å². The van der Waals surface area contributed by atoms with Gasteiger partial charge in [-0.05, 0) is 44.7 Å². The van der Waals surface area contributed by atoms with E-state index in [9.17, 15) is 13.2 Å². The summed E-state index contributed by atoms with van der Waals surface area (Å²) >= 11 is 0. The predicted octanol–water partition coefficient (Wildman–Crippen LogP) is 1.31. The van der Waals surface area contributed by atoms with Gasteiger partial charge in [0.2, 0.25) is 15.9 Å². The fourth-order valence-corrected chi connectivity index (χ4v) is 2.84. The van der Waals surface area contributed by atoms with E-state index in [1.807, 2.05) is 6.92 Å². The second-order valence-electron chi connectivity index (χ2n) is 5.14. The van der Waals surface area contributed by atoms with E-state index in [1.165, 1.54) is 12.1 Å². The highest BCUT2D eigenvalue weighted by Crippen LogP contribution is 2.15. The summed E-state index contributed by atoms with van der Waals surface area (Å²) in [7, 11) is -3.47. The van der Waals surface area contributed by atoms with Crippen molar-refractivity contribution < 1.29 is 13.2 Å².